The third-order valence-electron chi connectivity index (χ3n) is 2.14. The molecule has 13 heavy (non-hydrogen) atoms. The zero-order valence-corrected chi connectivity index (χ0v) is 7.73. The maximum atomic E-state index is 10.9. The summed E-state index contributed by atoms with van der Waals surface area (Å²) in [5.41, 5.74) is 0. The van der Waals surface area contributed by atoms with Crippen LogP contribution in [0.15, 0.2) is 0 Å². The third-order valence-corrected chi connectivity index (χ3v) is 2.14. The number of ether oxygens (including phenoxy) is 3. The van der Waals surface area contributed by atoms with E-state index in [2.05, 4.69) is 4.74 Å². The fraction of sp³-hybridized carbons (Fsp3) is 0.875. The summed E-state index contributed by atoms with van der Waals surface area (Å²) in [7, 11) is 2.79. The van der Waals surface area contributed by atoms with Crippen LogP contribution in [-0.4, -0.2) is 44.3 Å². The Kier molecular flexibility index (Phi) is 3.65. The molecule has 0 amide bonds. The van der Waals surface area contributed by atoms with E-state index in [1.54, 1.807) is 0 Å². The van der Waals surface area contributed by atoms with Gasteiger partial charge in [-0.05, 0) is 0 Å². The monoisotopic (exact) mass is 190 g/mol. The zero-order valence-electron chi connectivity index (χ0n) is 7.73. The molecule has 2 unspecified atom stereocenters. The largest absolute Gasteiger partial charge is 0.469 e. The number of carbonyl (C=O) groups is 1. The highest BCUT2D eigenvalue weighted by Crippen LogP contribution is 2.25. The standard InChI is InChI=1S/C8H14O5/c1-11-7(10)3-5-6(9)4-13-8(5)12-2/h5-6,8-9H,3-4H2,1-2H3/t5?,6-,8?/m0/s1. The molecule has 0 radical (unpaired) electrons. The fourth-order valence-electron chi connectivity index (χ4n) is 1.37. The molecule has 0 aromatic carbocycles. The number of esters is 1. The minimum Gasteiger partial charge on any atom is -0.469 e. The van der Waals surface area contributed by atoms with Gasteiger partial charge < -0.3 is 19.3 Å². The van der Waals surface area contributed by atoms with Gasteiger partial charge in [0.2, 0.25) is 0 Å². The first kappa shape index (κ1) is 10.4. The number of carbonyl (C=O) groups excluding carboxylic acids is 1. The SMILES string of the molecule is COC(=O)CC1C(OC)OC[C@@H]1O. The summed E-state index contributed by atoms with van der Waals surface area (Å²) in [4.78, 5) is 10.9. The lowest BCUT2D eigenvalue weighted by molar-refractivity contribution is -0.148. The molecule has 1 saturated heterocycles. The molecule has 5 nitrogen and oxygen atoms in total. The Morgan fingerprint density at radius 3 is 2.85 bits per heavy atom. The Morgan fingerprint density at radius 2 is 2.31 bits per heavy atom. The number of aliphatic hydroxyl groups is 1. The van der Waals surface area contributed by atoms with Crippen LogP contribution in [0.1, 0.15) is 6.42 Å². The second-order valence-electron chi connectivity index (χ2n) is 2.95. The van der Waals surface area contributed by atoms with E-state index in [0.717, 1.165) is 0 Å². The molecule has 0 saturated carbocycles. The fourth-order valence-corrected chi connectivity index (χ4v) is 1.37. The number of methoxy groups -OCH3 is 2. The van der Waals surface area contributed by atoms with Crippen molar-refractivity contribution in [3.63, 3.8) is 0 Å². The van der Waals surface area contributed by atoms with E-state index in [1.807, 2.05) is 0 Å². The first-order valence-corrected chi connectivity index (χ1v) is 4.08. The first-order chi connectivity index (χ1) is 6.19. The van der Waals surface area contributed by atoms with E-state index >= 15 is 0 Å². The zero-order chi connectivity index (χ0) is 9.84. The highest BCUT2D eigenvalue weighted by molar-refractivity contribution is 5.69. The van der Waals surface area contributed by atoms with Crippen LogP contribution in [0.5, 0.6) is 0 Å². The summed E-state index contributed by atoms with van der Waals surface area (Å²) in [5.74, 6) is -0.686. The topological polar surface area (TPSA) is 65.0 Å². The van der Waals surface area contributed by atoms with Crippen LogP contribution in [0, 0.1) is 5.92 Å². The minimum absolute atomic E-state index is 0.121. The quantitative estimate of drug-likeness (QED) is 0.609. The third kappa shape index (κ3) is 2.40. The second-order valence-corrected chi connectivity index (χ2v) is 2.95. The molecule has 0 aromatic heterocycles. The molecule has 1 heterocycles. The predicted molar refractivity (Wildman–Crippen MR) is 42.9 cm³/mol. The van der Waals surface area contributed by atoms with E-state index in [1.165, 1.54) is 14.2 Å². The Hall–Kier alpha value is -0.650. The Labute approximate surface area is 76.6 Å². The van der Waals surface area contributed by atoms with E-state index in [0.29, 0.717) is 0 Å². The molecule has 1 fully saturated rings. The number of hydrogen-bond acceptors (Lipinski definition) is 5. The van der Waals surface area contributed by atoms with Crippen molar-refractivity contribution in [2.75, 3.05) is 20.8 Å². The molecule has 0 aliphatic carbocycles. The predicted octanol–water partition coefficient (Wildman–Crippen LogP) is -0.471. The lowest BCUT2D eigenvalue weighted by Gasteiger charge is -2.17. The smallest absolute Gasteiger partial charge is 0.306 e. The summed E-state index contributed by atoms with van der Waals surface area (Å²) in [6.45, 7) is 0.208. The highest BCUT2D eigenvalue weighted by Gasteiger charge is 2.37. The van der Waals surface area contributed by atoms with Crippen molar-refractivity contribution in [1.29, 1.82) is 0 Å². The van der Waals surface area contributed by atoms with Crippen LogP contribution in [0.4, 0.5) is 0 Å². The van der Waals surface area contributed by atoms with E-state index in [4.69, 9.17) is 9.47 Å². The Balaban J connectivity index is 2.49. The molecule has 1 rings (SSSR count). The molecule has 76 valence electrons. The van der Waals surface area contributed by atoms with Gasteiger partial charge in [-0.2, -0.15) is 0 Å². The first-order valence-electron chi connectivity index (χ1n) is 4.08. The van der Waals surface area contributed by atoms with Crippen molar-refractivity contribution in [2.45, 2.75) is 18.8 Å². The molecule has 0 aromatic rings. The summed E-state index contributed by atoms with van der Waals surface area (Å²) >= 11 is 0. The van der Waals surface area contributed by atoms with Crippen molar-refractivity contribution >= 4 is 5.97 Å². The molecule has 1 aliphatic heterocycles. The van der Waals surface area contributed by atoms with Crippen LogP contribution >= 0.6 is 0 Å². The number of aliphatic hydroxyl groups excluding tert-OH is 1. The van der Waals surface area contributed by atoms with E-state index < -0.39 is 12.4 Å². The molecule has 1 N–H and O–H groups in total. The normalized spacial score (nSPS) is 33.3. The van der Waals surface area contributed by atoms with E-state index in [-0.39, 0.29) is 24.9 Å². The number of rotatable bonds is 3. The van der Waals surface area contributed by atoms with Gasteiger partial charge in [-0.25, -0.2) is 0 Å². The molecule has 5 heteroatoms. The molecular weight excluding hydrogens is 176 g/mol. The van der Waals surface area contributed by atoms with Crippen LogP contribution in [0.2, 0.25) is 0 Å². The van der Waals surface area contributed by atoms with Crippen molar-refractivity contribution in [3.8, 4) is 0 Å². The highest BCUT2D eigenvalue weighted by atomic mass is 16.7. The number of hydrogen-bond donors (Lipinski definition) is 1. The summed E-state index contributed by atoms with van der Waals surface area (Å²) in [5, 5.41) is 9.42. The molecule has 0 spiro atoms. The Bertz CT molecular complexity index is 181. The molecule has 0 bridgehead atoms. The van der Waals surface area contributed by atoms with E-state index in [9.17, 15) is 9.90 Å². The van der Waals surface area contributed by atoms with Gasteiger partial charge in [0.1, 0.15) is 0 Å². The van der Waals surface area contributed by atoms with Gasteiger partial charge >= 0.3 is 5.97 Å². The van der Waals surface area contributed by atoms with Gasteiger partial charge in [-0.15, -0.1) is 0 Å². The van der Waals surface area contributed by atoms with Gasteiger partial charge in [-0.1, -0.05) is 0 Å². The average molecular weight is 190 g/mol. The summed E-state index contributed by atoms with van der Waals surface area (Å²) in [6.07, 6.45) is -1.03. The van der Waals surface area contributed by atoms with Gasteiger partial charge in [0, 0.05) is 13.0 Å². The van der Waals surface area contributed by atoms with Gasteiger partial charge in [0.25, 0.3) is 0 Å². The lowest BCUT2D eigenvalue weighted by Crippen LogP contribution is -2.28. The summed E-state index contributed by atoms with van der Waals surface area (Å²) < 4.78 is 14.5. The van der Waals surface area contributed by atoms with Crippen LogP contribution < -0.4 is 0 Å². The van der Waals surface area contributed by atoms with Crippen molar-refractivity contribution < 1.29 is 24.1 Å². The van der Waals surface area contributed by atoms with Crippen LogP contribution in [0.3, 0.4) is 0 Å². The summed E-state index contributed by atoms with van der Waals surface area (Å²) in [6, 6.07) is 0. The molecule has 1 aliphatic rings. The molecular formula is C8H14O5. The lowest BCUT2D eigenvalue weighted by atomic mass is 10.0. The molecule has 3 atom stereocenters. The van der Waals surface area contributed by atoms with Gasteiger partial charge in [0.15, 0.2) is 6.29 Å². The minimum atomic E-state index is -0.649. The average Bonchev–Trinajstić information content (AvgIpc) is 2.48. The maximum Gasteiger partial charge on any atom is 0.306 e. The second kappa shape index (κ2) is 4.55. The Morgan fingerprint density at radius 1 is 1.62 bits per heavy atom. The van der Waals surface area contributed by atoms with Crippen molar-refractivity contribution in [3.05, 3.63) is 0 Å². The van der Waals surface area contributed by atoms with Gasteiger partial charge in [0.05, 0.1) is 26.2 Å². The van der Waals surface area contributed by atoms with Crippen molar-refractivity contribution in [2.24, 2.45) is 5.92 Å². The van der Waals surface area contributed by atoms with Crippen LogP contribution in [0.25, 0.3) is 0 Å². The van der Waals surface area contributed by atoms with Gasteiger partial charge in [-0.3, -0.25) is 4.79 Å². The van der Waals surface area contributed by atoms with Crippen molar-refractivity contribution in [1.82, 2.24) is 0 Å². The maximum absolute atomic E-state index is 10.9. The van der Waals surface area contributed by atoms with Crippen LogP contribution in [-0.2, 0) is 19.0 Å².